The molecule has 0 radical (unpaired) electrons. The first kappa shape index (κ1) is 26.4. The number of hydrogen-bond donors (Lipinski definition) is 0. The lowest BCUT2D eigenvalue weighted by atomic mass is 9.81. The van der Waals surface area contributed by atoms with Crippen LogP contribution in [0.1, 0.15) is 25.0 Å². The Hall–Kier alpha value is -5.64. The van der Waals surface area contributed by atoms with E-state index >= 15 is 0 Å². The first-order chi connectivity index (χ1) is 23.5. The summed E-state index contributed by atoms with van der Waals surface area (Å²) in [7, 11) is 0. The predicted molar refractivity (Wildman–Crippen MR) is 204 cm³/mol. The largest absolute Gasteiger partial charge is 0.456 e. The summed E-state index contributed by atoms with van der Waals surface area (Å²) in [5.74, 6) is 0. The fourth-order valence-electron chi connectivity index (χ4n) is 8.52. The molecule has 0 bridgehead atoms. The van der Waals surface area contributed by atoms with Gasteiger partial charge in [-0.15, -0.1) is 11.3 Å². The topological polar surface area (TPSA) is 18.1 Å². The molecule has 48 heavy (non-hydrogen) atoms. The van der Waals surface area contributed by atoms with Gasteiger partial charge in [0.25, 0.3) is 0 Å². The lowest BCUT2D eigenvalue weighted by Gasteiger charge is -2.22. The lowest BCUT2D eigenvalue weighted by Crippen LogP contribution is -2.14. The van der Waals surface area contributed by atoms with Crippen LogP contribution in [-0.4, -0.2) is 4.57 Å². The minimum atomic E-state index is -0.0308. The van der Waals surface area contributed by atoms with Gasteiger partial charge in [0.2, 0.25) is 0 Å². The minimum Gasteiger partial charge on any atom is -0.456 e. The zero-order chi connectivity index (χ0) is 31.7. The van der Waals surface area contributed by atoms with Crippen LogP contribution < -0.4 is 0 Å². The molecule has 0 aliphatic heterocycles. The van der Waals surface area contributed by atoms with Crippen LogP contribution in [0.3, 0.4) is 0 Å². The number of fused-ring (bicyclic) bond motifs is 13. The maximum absolute atomic E-state index is 6.53. The second-order valence-corrected chi connectivity index (χ2v) is 14.8. The van der Waals surface area contributed by atoms with E-state index in [1.165, 1.54) is 75.4 Å². The summed E-state index contributed by atoms with van der Waals surface area (Å²) in [4.78, 5) is 0. The SMILES string of the molecule is CC1(C)c2ccccc2-c2ccc(-c3ccc4c(c3)oc3ccc(-n5c6ccccc6c6c7c(ccc65)sc5ccccc57)cc34)cc21. The van der Waals surface area contributed by atoms with Crippen molar-refractivity contribution in [1.29, 1.82) is 0 Å². The molecule has 0 N–H and O–H groups in total. The number of para-hydroxylation sites is 1. The molecule has 11 rings (SSSR count). The van der Waals surface area contributed by atoms with Crippen LogP contribution >= 0.6 is 11.3 Å². The van der Waals surface area contributed by atoms with Gasteiger partial charge in [-0.25, -0.2) is 0 Å². The summed E-state index contributed by atoms with van der Waals surface area (Å²) in [5.41, 5.74) is 13.2. The van der Waals surface area contributed by atoms with Crippen molar-refractivity contribution in [3.05, 3.63) is 151 Å². The van der Waals surface area contributed by atoms with Gasteiger partial charge >= 0.3 is 0 Å². The summed E-state index contributed by atoms with van der Waals surface area (Å²) < 4.78 is 11.6. The van der Waals surface area contributed by atoms with Crippen LogP contribution in [0.15, 0.2) is 144 Å². The van der Waals surface area contributed by atoms with Crippen molar-refractivity contribution in [2.45, 2.75) is 19.3 Å². The van der Waals surface area contributed by atoms with Gasteiger partial charge in [0, 0.05) is 52.8 Å². The van der Waals surface area contributed by atoms with E-state index in [1.807, 2.05) is 11.3 Å². The number of hydrogen-bond acceptors (Lipinski definition) is 2. The Kier molecular flexibility index (Phi) is 5.09. The van der Waals surface area contributed by atoms with E-state index in [9.17, 15) is 0 Å². The van der Waals surface area contributed by atoms with Crippen LogP contribution in [0.2, 0.25) is 0 Å². The summed E-state index contributed by atoms with van der Waals surface area (Å²) in [5, 5.41) is 7.55. The molecule has 0 fully saturated rings. The molecule has 0 spiro atoms. The van der Waals surface area contributed by atoms with Gasteiger partial charge < -0.3 is 8.98 Å². The number of nitrogens with zero attached hydrogens (tertiary/aromatic N) is 1. The van der Waals surface area contributed by atoms with Crippen LogP contribution in [0.5, 0.6) is 0 Å². The lowest BCUT2D eigenvalue weighted by molar-refractivity contribution is 0.660. The molecule has 0 atom stereocenters. The second-order valence-electron chi connectivity index (χ2n) is 13.7. The van der Waals surface area contributed by atoms with E-state index in [-0.39, 0.29) is 5.41 Å². The third-order valence-corrected chi connectivity index (χ3v) is 11.9. The first-order valence-electron chi connectivity index (χ1n) is 16.6. The highest BCUT2D eigenvalue weighted by Crippen LogP contribution is 2.50. The van der Waals surface area contributed by atoms with Gasteiger partial charge in [-0.05, 0) is 94.0 Å². The van der Waals surface area contributed by atoms with Crippen molar-refractivity contribution in [3.63, 3.8) is 0 Å². The van der Waals surface area contributed by atoms with E-state index in [1.54, 1.807) is 0 Å². The molecule has 0 amide bonds. The number of thiophene rings is 1. The predicted octanol–water partition coefficient (Wildman–Crippen LogP) is 13.0. The molecule has 0 saturated heterocycles. The summed E-state index contributed by atoms with van der Waals surface area (Å²) in [6.45, 7) is 4.67. The molecule has 1 aliphatic rings. The number of aromatic nitrogens is 1. The molecule has 3 heteroatoms. The minimum absolute atomic E-state index is 0.0308. The molecule has 0 saturated carbocycles. The Labute approximate surface area is 281 Å². The molecule has 1 aliphatic carbocycles. The van der Waals surface area contributed by atoms with Crippen LogP contribution in [0.4, 0.5) is 0 Å². The average molecular weight is 632 g/mol. The third-order valence-electron chi connectivity index (χ3n) is 10.8. The standard InChI is InChI=1S/C45H29NOS/c1-45(2)35-12-6-3-9-29(35)30-18-15-26(23-36(30)45)27-16-19-31-34-25-28(17-21-39(34)47-40(31)24-27)46-37-13-7-4-10-32(37)43-38(46)20-22-42-44(43)33-11-5-8-14-41(33)48-42/h3-25H,1-2H3. The van der Waals surface area contributed by atoms with Crippen molar-refractivity contribution >= 4 is 75.3 Å². The fraction of sp³-hybridized carbons (Fsp3) is 0.0667. The summed E-state index contributed by atoms with van der Waals surface area (Å²) in [6.07, 6.45) is 0. The molecule has 3 aromatic heterocycles. The van der Waals surface area contributed by atoms with E-state index in [0.29, 0.717) is 0 Å². The number of furan rings is 1. The van der Waals surface area contributed by atoms with E-state index in [2.05, 4.69) is 158 Å². The van der Waals surface area contributed by atoms with E-state index < -0.39 is 0 Å². The van der Waals surface area contributed by atoms with Crippen LogP contribution in [0, 0.1) is 0 Å². The molecule has 10 aromatic rings. The van der Waals surface area contributed by atoms with Crippen molar-refractivity contribution < 1.29 is 4.42 Å². The second kappa shape index (κ2) is 9.25. The van der Waals surface area contributed by atoms with Gasteiger partial charge in [-0.1, -0.05) is 92.7 Å². The van der Waals surface area contributed by atoms with E-state index in [4.69, 9.17) is 4.42 Å². The third kappa shape index (κ3) is 3.41. The Balaban J connectivity index is 1.08. The fourth-order valence-corrected chi connectivity index (χ4v) is 9.63. The highest BCUT2D eigenvalue weighted by atomic mass is 32.1. The monoisotopic (exact) mass is 631 g/mol. The van der Waals surface area contributed by atoms with Crippen molar-refractivity contribution in [3.8, 4) is 27.9 Å². The maximum atomic E-state index is 6.53. The average Bonchev–Trinajstić information content (AvgIpc) is 3.84. The Morgan fingerprint density at radius 1 is 0.500 bits per heavy atom. The van der Waals surface area contributed by atoms with Gasteiger partial charge in [-0.3, -0.25) is 0 Å². The number of rotatable bonds is 2. The van der Waals surface area contributed by atoms with Gasteiger partial charge in [0.05, 0.1) is 11.0 Å². The van der Waals surface area contributed by atoms with Gasteiger partial charge in [0.15, 0.2) is 0 Å². The van der Waals surface area contributed by atoms with Crippen LogP contribution in [0.25, 0.3) is 91.9 Å². The quantitative estimate of drug-likeness (QED) is 0.186. The Morgan fingerprint density at radius 2 is 1.27 bits per heavy atom. The molecule has 2 nitrogen and oxygen atoms in total. The molecular weight excluding hydrogens is 603 g/mol. The Bertz CT molecular complexity index is 2990. The zero-order valence-corrected chi connectivity index (χ0v) is 27.4. The highest BCUT2D eigenvalue weighted by Gasteiger charge is 2.35. The highest BCUT2D eigenvalue weighted by molar-refractivity contribution is 7.26. The zero-order valence-electron chi connectivity index (χ0n) is 26.5. The summed E-state index contributed by atoms with van der Waals surface area (Å²) in [6, 6.07) is 51.3. The first-order valence-corrected chi connectivity index (χ1v) is 17.4. The molecule has 7 aromatic carbocycles. The smallest absolute Gasteiger partial charge is 0.136 e. The van der Waals surface area contributed by atoms with Crippen molar-refractivity contribution in [2.75, 3.05) is 0 Å². The van der Waals surface area contributed by atoms with Gasteiger partial charge in [-0.2, -0.15) is 0 Å². The Morgan fingerprint density at radius 3 is 2.21 bits per heavy atom. The molecule has 3 heterocycles. The normalized spacial score (nSPS) is 13.8. The summed E-state index contributed by atoms with van der Waals surface area (Å²) >= 11 is 1.88. The molecule has 0 unspecified atom stereocenters. The van der Waals surface area contributed by atoms with E-state index in [0.717, 1.165) is 27.6 Å². The van der Waals surface area contributed by atoms with Crippen molar-refractivity contribution in [1.82, 2.24) is 4.57 Å². The maximum Gasteiger partial charge on any atom is 0.136 e. The van der Waals surface area contributed by atoms with Crippen molar-refractivity contribution in [2.24, 2.45) is 0 Å². The molecule has 226 valence electrons. The van der Waals surface area contributed by atoms with Gasteiger partial charge in [0.1, 0.15) is 11.2 Å². The van der Waals surface area contributed by atoms with Crippen LogP contribution in [-0.2, 0) is 5.41 Å². The number of benzene rings is 7. The molecular formula is C45H29NOS.